The third kappa shape index (κ3) is 9.92. The van der Waals surface area contributed by atoms with Gasteiger partial charge in [-0.1, -0.05) is 6.92 Å². The van der Waals surface area contributed by atoms with E-state index in [0.29, 0.717) is 0 Å². The van der Waals surface area contributed by atoms with Gasteiger partial charge < -0.3 is 20.9 Å². The van der Waals surface area contributed by atoms with E-state index < -0.39 is 0 Å². The van der Waals surface area contributed by atoms with Crippen LogP contribution in [-0.4, -0.2) is 64.8 Å². The lowest BCUT2D eigenvalue weighted by molar-refractivity contribution is 0.349. The minimum absolute atomic E-state index is 1.04. The lowest BCUT2D eigenvalue weighted by Crippen LogP contribution is -2.35. The van der Waals surface area contributed by atoms with Gasteiger partial charge in [-0.3, -0.25) is 0 Å². The second-order valence-electron chi connectivity index (χ2n) is 3.50. The second kappa shape index (κ2) is 10.9. The van der Waals surface area contributed by atoms with Gasteiger partial charge in [-0.25, -0.2) is 0 Å². The van der Waals surface area contributed by atoms with Crippen molar-refractivity contribution in [1.82, 2.24) is 20.9 Å². The molecule has 0 rings (SSSR count). The third-order valence-electron chi connectivity index (χ3n) is 2.24. The largest absolute Gasteiger partial charge is 0.318 e. The predicted molar refractivity (Wildman–Crippen MR) is 62.8 cm³/mol. The SMILES string of the molecule is CCN(C)CCNCCNCCNC. The minimum Gasteiger partial charge on any atom is -0.318 e. The second-order valence-corrected chi connectivity index (χ2v) is 3.50. The Morgan fingerprint density at radius 1 is 0.929 bits per heavy atom. The monoisotopic (exact) mass is 202 g/mol. The lowest BCUT2D eigenvalue weighted by Gasteiger charge is -2.14. The van der Waals surface area contributed by atoms with Gasteiger partial charge in [0.05, 0.1) is 0 Å². The molecule has 0 aliphatic carbocycles. The maximum absolute atomic E-state index is 3.40. The van der Waals surface area contributed by atoms with Gasteiger partial charge in [0, 0.05) is 39.3 Å². The molecule has 3 N–H and O–H groups in total. The fourth-order valence-electron chi connectivity index (χ4n) is 1.07. The highest BCUT2D eigenvalue weighted by molar-refractivity contribution is 4.55. The van der Waals surface area contributed by atoms with Crippen LogP contribution in [0.2, 0.25) is 0 Å². The average molecular weight is 202 g/mol. The molecule has 0 unspecified atom stereocenters. The molecular weight excluding hydrogens is 176 g/mol. The van der Waals surface area contributed by atoms with E-state index in [1.54, 1.807) is 0 Å². The summed E-state index contributed by atoms with van der Waals surface area (Å²) < 4.78 is 0. The standard InChI is InChI=1S/C10H26N4/c1-4-14(3)10-9-13-8-7-12-6-5-11-2/h11-13H,4-10H2,1-3H3. The van der Waals surface area contributed by atoms with Crippen LogP contribution >= 0.6 is 0 Å². The Labute approximate surface area is 88.4 Å². The van der Waals surface area contributed by atoms with E-state index in [2.05, 4.69) is 34.8 Å². The maximum Gasteiger partial charge on any atom is 0.0104 e. The lowest BCUT2D eigenvalue weighted by atomic mass is 10.5. The van der Waals surface area contributed by atoms with E-state index in [0.717, 1.165) is 45.8 Å². The summed E-state index contributed by atoms with van der Waals surface area (Å²) in [5, 5.41) is 9.86. The maximum atomic E-state index is 3.40. The average Bonchev–Trinajstić information content (AvgIpc) is 2.21. The summed E-state index contributed by atoms with van der Waals surface area (Å²) in [6.45, 7) is 9.72. The zero-order chi connectivity index (χ0) is 10.6. The smallest absolute Gasteiger partial charge is 0.0104 e. The highest BCUT2D eigenvalue weighted by atomic mass is 15.1. The van der Waals surface area contributed by atoms with Crippen molar-refractivity contribution in [3.63, 3.8) is 0 Å². The summed E-state index contributed by atoms with van der Waals surface area (Å²) in [4.78, 5) is 2.31. The number of likely N-dealkylation sites (N-methyl/N-ethyl adjacent to an activating group) is 2. The summed E-state index contributed by atoms with van der Waals surface area (Å²) >= 11 is 0. The van der Waals surface area contributed by atoms with Gasteiger partial charge in [-0.2, -0.15) is 0 Å². The molecule has 0 heterocycles. The van der Waals surface area contributed by atoms with Crippen LogP contribution in [-0.2, 0) is 0 Å². The van der Waals surface area contributed by atoms with Crippen LogP contribution in [0.3, 0.4) is 0 Å². The minimum atomic E-state index is 1.04. The van der Waals surface area contributed by atoms with E-state index in [1.807, 2.05) is 7.05 Å². The summed E-state index contributed by atoms with van der Waals surface area (Å²) in [5.41, 5.74) is 0. The van der Waals surface area contributed by atoms with Crippen LogP contribution in [0.5, 0.6) is 0 Å². The fourth-order valence-corrected chi connectivity index (χ4v) is 1.07. The number of hydrogen-bond acceptors (Lipinski definition) is 4. The Hall–Kier alpha value is -0.160. The first kappa shape index (κ1) is 13.8. The molecule has 86 valence electrons. The Morgan fingerprint density at radius 2 is 1.50 bits per heavy atom. The van der Waals surface area contributed by atoms with Crippen LogP contribution in [0.4, 0.5) is 0 Å². The van der Waals surface area contributed by atoms with Crippen molar-refractivity contribution in [2.75, 3.05) is 59.9 Å². The molecule has 0 saturated heterocycles. The van der Waals surface area contributed by atoms with Crippen molar-refractivity contribution in [2.24, 2.45) is 0 Å². The Kier molecular flexibility index (Phi) is 10.8. The first-order valence-corrected chi connectivity index (χ1v) is 5.55. The molecule has 0 fully saturated rings. The van der Waals surface area contributed by atoms with E-state index >= 15 is 0 Å². The van der Waals surface area contributed by atoms with Gasteiger partial charge in [-0.05, 0) is 20.6 Å². The molecule has 0 aliphatic rings. The molecule has 0 aliphatic heterocycles. The van der Waals surface area contributed by atoms with Crippen LogP contribution in [0, 0.1) is 0 Å². The molecule has 0 radical (unpaired) electrons. The van der Waals surface area contributed by atoms with E-state index in [4.69, 9.17) is 0 Å². The molecule has 0 spiro atoms. The number of nitrogens with one attached hydrogen (secondary N) is 3. The van der Waals surface area contributed by atoms with Gasteiger partial charge >= 0.3 is 0 Å². The highest BCUT2D eigenvalue weighted by Crippen LogP contribution is 1.76. The quantitative estimate of drug-likeness (QED) is 0.411. The molecule has 14 heavy (non-hydrogen) atoms. The van der Waals surface area contributed by atoms with Crippen molar-refractivity contribution < 1.29 is 0 Å². The fraction of sp³-hybridized carbons (Fsp3) is 1.00. The molecular formula is C10H26N4. The number of hydrogen-bond donors (Lipinski definition) is 3. The molecule has 0 saturated carbocycles. The third-order valence-corrected chi connectivity index (χ3v) is 2.24. The number of rotatable bonds is 10. The zero-order valence-electron chi connectivity index (χ0n) is 9.90. The normalized spacial score (nSPS) is 11.1. The van der Waals surface area contributed by atoms with Crippen molar-refractivity contribution in [1.29, 1.82) is 0 Å². The molecule has 0 atom stereocenters. The first-order valence-electron chi connectivity index (χ1n) is 5.55. The zero-order valence-corrected chi connectivity index (χ0v) is 9.90. The van der Waals surface area contributed by atoms with Crippen molar-refractivity contribution in [3.05, 3.63) is 0 Å². The van der Waals surface area contributed by atoms with Crippen LogP contribution in [0.1, 0.15) is 6.92 Å². The molecule has 4 nitrogen and oxygen atoms in total. The highest BCUT2D eigenvalue weighted by Gasteiger charge is 1.92. The molecule has 4 heteroatoms. The Morgan fingerprint density at radius 3 is 2.07 bits per heavy atom. The van der Waals surface area contributed by atoms with Gasteiger partial charge in [0.15, 0.2) is 0 Å². The van der Waals surface area contributed by atoms with E-state index in [1.165, 1.54) is 0 Å². The Bertz CT molecular complexity index is 108. The van der Waals surface area contributed by atoms with Crippen LogP contribution < -0.4 is 16.0 Å². The van der Waals surface area contributed by atoms with E-state index in [9.17, 15) is 0 Å². The number of nitrogens with zero attached hydrogens (tertiary/aromatic N) is 1. The predicted octanol–water partition coefficient (Wildman–Crippen LogP) is -0.663. The molecule has 0 aromatic heterocycles. The van der Waals surface area contributed by atoms with Gasteiger partial charge in [0.25, 0.3) is 0 Å². The van der Waals surface area contributed by atoms with Crippen LogP contribution in [0.25, 0.3) is 0 Å². The van der Waals surface area contributed by atoms with Gasteiger partial charge in [0.1, 0.15) is 0 Å². The summed E-state index contributed by atoms with van der Waals surface area (Å²) in [5.74, 6) is 0. The van der Waals surface area contributed by atoms with Crippen molar-refractivity contribution >= 4 is 0 Å². The van der Waals surface area contributed by atoms with Crippen molar-refractivity contribution in [2.45, 2.75) is 6.92 Å². The summed E-state index contributed by atoms with van der Waals surface area (Å²) in [6.07, 6.45) is 0. The topological polar surface area (TPSA) is 39.3 Å². The van der Waals surface area contributed by atoms with Crippen molar-refractivity contribution in [3.8, 4) is 0 Å². The first-order chi connectivity index (χ1) is 6.81. The molecule has 0 aromatic carbocycles. The molecule has 0 amide bonds. The summed E-state index contributed by atoms with van der Waals surface area (Å²) in [6, 6.07) is 0. The van der Waals surface area contributed by atoms with Gasteiger partial charge in [0.2, 0.25) is 0 Å². The molecule has 0 aromatic rings. The van der Waals surface area contributed by atoms with Gasteiger partial charge in [-0.15, -0.1) is 0 Å². The summed E-state index contributed by atoms with van der Waals surface area (Å²) in [7, 11) is 4.12. The van der Waals surface area contributed by atoms with E-state index in [-0.39, 0.29) is 0 Å². The molecule has 0 bridgehead atoms. The Balaban J connectivity index is 2.92. The van der Waals surface area contributed by atoms with Crippen LogP contribution in [0.15, 0.2) is 0 Å².